The van der Waals surface area contributed by atoms with Gasteiger partial charge in [-0.05, 0) is 6.92 Å². The zero-order valence-corrected chi connectivity index (χ0v) is 5.50. The molecule has 0 aromatic carbocycles. The molecule has 2 N–H and O–H groups in total. The Morgan fingerprint density at radius 1 is 1.36 bits per heavy atom. The van der Waals surface area contributed by atoms with Crippen LogP contribution in [0, 0.1) is 0 Å². The number of ketones is 1. The van der Waals surface area contributed by atoms with Crippen LogP contribution in [0.1, 0.15) is 6.92 Å². The third kappa shape index (κ3) is 2.67. The number of hydrogen-bond acceptors (Lipinski definition) is 2. The highest BCUT2D eigenvalue weighted by Crippen LogP contribution is 2.17. The minimum atomic E-state index is -4.35. The maximum absolute atomic E-state index is 12.0. The number of halogens is 4. The molecule has 0 saturated carbocycles. The molecule has 11 heavy (non-hydrogen) atoms. The SMILES string of the molecule is C/C(F)=C(/F)C(=O)C(N)(F)F. The number of nitrogens with two attached hydrogens (primary N) is 1. The van der Waals surface area contributed by atoms with Crippen LogP contribution in [0.2, 0.25) is 0 Å². The van der Waals surface area contributed by atoms with Gasteiger partial charge in [-0.3, -0.25) is 10.5 Å². The second-order valence-corrected chi connectivity index (χ2v) is 1.80. The fourth-order valence-corrected chi connectivity index (χ4v) is 0.303. The highest BCUT2D eigenvalue weighted by molar-refractivity contribution is 5.98. The lowest BCUT2D eigenvalue weighted by atomic mass is 10.3. The first kappa shape index (κ1) is 10.1. The van der Waals surface area contributed by atoms with Crippen molar-refractivity contribution in [2.75, 3.05) is 0 Å². The molecule has 0 fully saturated rings. The lowest BCUT2D eigenvalue weighted by Gasteiger charge is -2.05. The summed E-state index contributed by atoms with van der Waals surface area (Å²) in [6.07, 6.45) is 0. The predicted octanol–water partition coefficient (Wildman–Crippen LogP) is 1.28. The van der Waals surface area contributed by atoms with E-state index < -0.39 is 23.5 Å². The Morgan fingerprint density at radius 3 is 1.82 bits per heavy atom. The predicted molar refractivity (Wildman–Crippen MR) is 29.1 cm³/mol. The van der Waals surface area contributed by atoms with Gasteiger partial charge in [-0.2, -0.15) is 13.2 Å². The highest BCUT2D eigenvalue weighted by Gasteiger charge is 2.37. The van der Waals surface area contributed by atoms with Gasteiger partial charge in [-0.1, -0.05) is 0 Å². The van der Waals surface area contributed by atoms with E-state index in [0.29, 0.717) is 6.92 Å². The monoisotopic (exact) mass is 171 g/mol. The van der Waals surface area contributed by atoms with E-state index in [0.717, 1.165) is 0 Å². The summed E-state index contributed by atoms with van der Waals surface area (Å²) < 4.78 is 47.2. The Kier molecular flexibility index (Phi) is 2.75. The second-order valence-electron chi connectivity index (χ2n) is 1.80. The molecule has 0 saturated heterocycles. The van der Waals surface area contributed by atoms with Gasteiger partial charge >= 0.3 is 6.05 Å². The molecule has 0 radical (unpaired) electrons. The van der Waals surface area contributed by atoms with E-state index in [1.807, 2.05) is 0 Å². The topological polar surface area (TPSA) is 43.1 Å². The van der Waals surface area contributed by atoms with Crippen LogP contribution in [-0.2, 0) is 4.79 Å². The van der Waals surface area contributed by atoms with Crippen molar-refractivity contribution in [3.8, 4) is 0 Å². The minimum absolute atomic E-state index is 0.541. The first-order valence-corrected chi connectivity index (χ1v) is 2.50. The van der Waals surface area contributed by atoms with Gasteiger partial charge in [-0.15, -0.1) is 0 Å². The van der Waals surface area contributed by atoms with E-state index in [4.69, 9.17) is 0 Å². The molecule has 0 bridgehead atoms. The van der Waals surface area contributed by atoms with Crippen LogP contribution in [0.15, 0.2) is 11.7 Å². The average Bonchev–Trinajstić information content (AvgIpc) is 1.82. The van der Waals surface area contributed by atoms with Crippen molar-refractivity contribution in [2.45, 2.75) is 13.0 Å². The Hall–Kier alpha value is -0.910. The van der Waals surface area contributed by atoms with Crippen molar-refractivity contribution in [1.29, 1.82) is 0 Å². The summed E-state index contributed by atoms with van der Waals surface area (Å²) >= 11 is 0. The van der Waals surface area contributed by atoms with Crippen LogP contribution in [-0.4, -0.2) is 11.8 Å². The molecule has 0 atom stereocenters. The van der Waals surface area contributed by atoms with Crippen molar-refractivity contribution >= 4 is 5.78 Å². The summed E-state index contributed by atoms with van der Waals surface area (Å²) in [7, 11) is 0. The number of hydrogen-bond donors (Lipinski definition) is 1. The van der Waals surface area contributed by atoms with Gasteiger partial charge in [0.05, 0.1) is 0 Å². The van der Waals surface area contributed by atoms with Gasteiger partial charge in [0, 0.05) is 0 Å². The number of carbonyl (C=O) groups is 1. The van der Waals surface area contributed by atoms with Crippen molar-refractivity contribution in [2.24, 2.45) is 5.73 Å². The van der Waals surface area contributed by atoms with Crippen LogP contribution >= 0.6 is 0 Å². The smallest absolute Gasteiger partial charge is 0.283 e. The number of carbonyl (C=O) groups excluding carboxylic acids is 1. The highest BCUT2D eigenvalue weighted by atomic mass is 19.3. The molecule has 0 aliphatic carbocycles. The average molecular weight is 171 g/mol. The zero-order valence-electron chi connectivity index (χ0n) is 5.50. The van der Waals surface area contributed by atoms with E-state index in [1.165, 1.54) is 0 Å². The van der Waals surface area contributed by atoms with Crippen molar-refractivity contribution in [3.63, 3.8) is 0 Å². The molecule has 0 spiro atoms. The van der Waals surface area contributed by atoms with Gasteiger partial charge in [0.2, 0.25) is 5.83 Å². The summed E-state index contributed by atoms with van der Waals surface area (Å²) in [5, 5.41) is 0. The normalized spacial score (nSPS) is 14.4. The molecule has 0 aromatic rings. The third-order valence-corrected chi connectivity index (χ3v) is 0.805. The van der Waals surface area contributed by atoms with E-state index in [1.54, 1.807) is 0 Å². The molecular weight excluding hydrogens is 166 g/mol. The van der Waals surface area contributed by atoms with E-state index >= 15 is 0 Å². The lowest BCUT2D eigenvalue weighted by Crippen LogP contribution is -2.38. The van der Waals surface area contributed by atoms with Gasteiger partial charge in [-0.25, -0.2) is 4.39 Å². The van der Waals surface area contributed by atoms with Crippen LogP contribution < -0.4 is 5.73 Å². The number of allylic oxidation sites excluding steroid dienone is 1. The molecule has 0 unspecified atom stereocenters. The molecule has 0 heterocycles. The fourth-order valence-electron chi connectivity index (χ4n) is 0.303. The Labute approximate surface area is 59.7 Å². The molecule has 64 valence electrons. The molecular formula is C5H5F4NO. The summed E-state index contributed by atoms with van der Waals surface area (Å²) in [6, 6.07) is -4.35. The summed E-state index contributed by atoms with van der Waals surface area (Å²) in [6.45, 7) is 0.541. The summed E-state index contributed by atoms with van der Waals surface area (Å²) in [4.78, 5) is 10.1. The summed E-state index contributed by atoms with van der Waals surface area (Å²) in [5.74, 6) is -6.10. The zero-order chi connectivity index (χ0) is 9.23. The lowest BCUT2D eigenvalue weighted by molar-refractivity contribution is -0.139. The van der Waals surface area contributed by atoms with Crippen molar-refractivity contribution < 1.29 is 22.4 Å². The largest absolute Gasteiger partial charge is 0.366 e. The maximum Gasteiger partial charge on any atom is 0.366 e. The minimum Gasteiger partial charge on any atom is -0.283 e. The van der Waals surface area contributed by atoms with E-state index in [9.17, 15) is 22.4 Å². The van der Waals surface area contributed by atoms with Crippen LogP contribution in [0.4, 0.5) is 17.6 Å². The molecule has 0 aliphatic heterocycles. The molecule has 2 nitrogen and oxygen atoms in total. The van der Waals surface area contributed by atoms with Crippen LogP contribution in [0.3, 0.4) is 0 Å². The number of Topliss-reactive ketones (excluding diaryl/α,β-unsaturated/α-hetero) is 1. The maximum atomic E-state index is 12.0. The fraction of sp³-hybridized carbons (Fsp3) is 0.400. The first-order chi connectivity index (χ1) is 4.76. The van der Waals surface area contributed by atoms with Crippen molar-refractivity contribution in [1.82, 2.24) is 0 Å². The third-order valence-electron chi connectivity index (χ3n) is 0.805. The standard InChI is InChI=1S/C5H5F4NO/c1-2(6)3(7)4(11)5(8,9)10/h10H2,1H3/b3-2-. The summed E-state index contributed by atoms with van der Waals surface area (Å²) in [5.41, 5.74) is 3.89. The first-order valence-electron chi connectivity index (χ1n) is 2.50. The molecule has 6 heteroatoms. The quantitative estimate of drug-likeness (QED) is 0.386. The Balaban J connectivity index is 4.67. The van der Waals surface area contributed by atoms with E-state index in [2.05, 4.69) is 5.73 Å². The second kappa shape index (κ2) is 3.00. The van der Waals surface area contributed by atoms with Crippen molar-refractivity contribution in [3.05, 3.63) is 11.7 Å². The molecule has 0 amide bonds. The van der Waals surface area contributed by atoms with Gasteiger partial charge < -0.3 is 0 Å². The Morgan fingerprint density at radius 2 is 1.73 bits per heavy atom. The Bertz CT molecular complexity index is 201. The van der Waals surface area contributed by atoms with Gasteiger partial charge in [0.15, 0.2) is 0 Å². The number of alkyl halides is 2. The van der Waals surface area contributed by atoms with E-state index in [-0.39, 0.29) is 0 Å². The molecule has 0 rings (SSSR count). The van der Waals surface area contributed by atoms with Crippen LogP contribution in [0.5, 0.6) is 0 Å². The number of rotatable bonds is 2. The molecule has 0 aliphatic rings. The van der Waals surface area contributed by atoms with Gasteiger partial charge in [0.1, 0.15) is 5.83 Å². The van der Waals surface area contributed by atoms with Crippen LogP contribution in [0.25, 0.3) is 0 Å². The van der Waals surface area contributed by atoms with Gasteiger partial charge in [0.25, 0.3) is 5.78 Å². The molecule has 0 aromatic heterocycles.